The molecule has 0 spiro atoms. The quantitative estimate of drug-likeness (QED) is 0.494. The van der Waals surface area contributed by atoms with Crippen molar-refractivity contribution in [3.05, 3.63) is 0 Å². The Kier molecular flexibility index (Phi) is 1.74. The third kappa shape index (κ3) is 1.93. The Balaban J connectivity index is 2.75. The van der Waals surface area contributed by atoms with Gasteiger partial charge in [0.1, 0.15) is 5.88 Å². The molecule has 0 aromatic heterocycles. The van der Waals surface area contributed by atoms with Crippen LogP contribution in [-0.4, -0.2) is 25.6 Å². The summed E-state index contributed by atoms with van der Waals surface area (Å²) in [6.45, 7) is 3.69. The van der Waals surface area contributed by atoms with E-state index < -0.39 is 9.84 Å². The summed E-state index contributed by atoms with van der Waals surface area (Å²) in [5.74, 6) is 0.240. The lowest BCUT2D eigenvalue weighted by atomic mass is 10.1. The van der Waals surface area contributed by atoms with Crippen LogP contribution in [0.2, 0.25) is 0 Å². The van der Waals surface area contributed by atoms with Gasteiger partial charge in [0.15, 0.2) is 9.84 Å². The zero-order valence-electron chi connectivity index (χ0n) is 6.14. The van der Waals surface area contributed by atoms with Gasteiger partial charge < -0.3 is 0 Å². The van der Waals surface area contributed by atoms with Crippen molar-refractivity contribution in [2.45, 2.75) is 19.4 Å². The first kappa shape index (κ1) is 7.97. The van der Waals surface area contributed by atoms with E-state index in [1.54, 1.807) is 0 Å². The Bertz CT molecular complexity index is 220. The van der Waals surface area contributed by atoms with E-state index in [0.29, 0.717) is 0 Å². The van der Waals surface area contributed by atoms with E-state index in [1.807, 2.05) is 13.8 Å². The van der Waals surface area contributed by atoms with Gasteiger partial charge in [0, 0.05) is 5.54 Å². The van der Waals surface area contributed by atoms with Gasteiger partial charge in [0.25, 0.3) is 0 Å². The first-order valence-electron chi connectivity index (χ1n) is 3.12. The number of hydrazine groups is 1. The largest absolute Gasteiger partial charge is 0.250 e. The van der Waals surface area contributed by atoms with Crippen molar-refractivity contribution in [2.75, 3.05) is 11.6 Å². The van der Waals surface area contributed by atoms with Crippen molar-refractivity contribution in [2.24, 2.45) is 0 Å². The van der Waals surface area contributed by atoms with Crippen LogP contribution < -0.4 is 10.9 Å². The molecule has 1 saturated heterocycles. The van der Waals surface area contributed by atoms with Crippen LogP contribution in [0.1, 0.15) is 13.8 Å². The van der Waals surface area contributed by atoms with E-state index in [4.69, 9.17) is 0 Å². The predicted molar refractivity (Wildman–Crippen MR) is 39.0 cm³/mol. The molecule has 0 saturated carbocycles. The summed E-state index contributed by atoms with van der Waals surface area (Å²) in [5.41, 5.74) is 5.18. The second-order valence-corrected chi connectivity index (χ2v) is 5.28. The zero-order chi connectivity index (χ0) is 7.83. The van der Waals surface area contributed by atoms with Gasteiger partial charge in [-0.2, -0.15) is 0 Å². The highest BCUT2D eigenvalue weighted by molar-refractivity contribution is 7.91. The minimum atomic E-state index is -2.86. The van der Waals surface area contributed by atoms with Crippen molar-refractivity contribution in [1.29, 1.82) is 0 Å². The van der Waals surface area contributed by atoms with Crippen molar-refractivity contribution in [3.63, 3.8) is 0 Å². The SMILES string of the molecule is CC1(C)CS(=O)(=O)CNN1. The normalized spacial score (nSPS) is 29.8. The summed E-state index contributed by atoms with van der Waals surface area (Å²) in [5, 5.41) is 0. The summed E-state index contributed by atoms with van der Waals surface area (Å²) in [6.07, 6.45) is 0. The molecule has 1 aliphatic rings. The van der Waals surface area contributed by atoms with E-state index in [-0.39, 0.29) is 17.2 Å². The fourth-order valence-electron chi connectivity index (χ4n) is 1.02. The first-order chi connectivity index (χ1) is 4.41. The van der Waals surface area contributed by atoms with E-state index in [1.165, 1.54) is 0 Å². The number of hydrogen-bond donors (Lipinski definition) is 2. The fourth-order valence-corrected chi connectivity index (χ4v) is 2.59. The van der Waals surface area contributed by atoms with Crippen molar-refractivity contribution in [1.82, 2.24) is 10.9 Å². The lowest BCUT2D eigenvalue weighted by Gasteiger charge is -2.30. The summed E-state index contributed by atoms with van der Waals surface area (Å²) in [6, 6.07) is 0. The third-order valence-electron chi connectivity index (χ3n) is 1.30. The number of nitrogens with one attached hydrogen (secondary N) is 2. The molecule has 1 fully saturated rings. The van der Waals surface area contributed by atoms with Crippen LogP contribution in [0.4, 0.5) is 0 Å². The molecule has 10 heavy (non-hydrogen) atoms. The van der Waals surface area contributed by atoms with Crippen LogP contribution in [0, 0.1) is 0 Å². The molecule has 2 N–H and O–H groups in total. The average molecular weight is 164 g/mol. The maximum absolute atomic E-state index is 11.0. The average Bonchev–Trinajstić information content (AvgIpc) is 1.56. The molecular formula is C5H12N2O2S. The van der Waals surface area contributed by atoms with Gasteiger partial charge in [0.05, 0.1) is 5.75 Å². The molecule has 4 nitrogen and oxygen atoms in total. The predicted octanol–water partition coefficient (Wildman–Crippen LogP) is -0.755. The summed E-state index contributed by atoms with van der Waals surface area (Å²) < 4.78 is 21.9. The molecule has 0 aliphatic carbocycles. The molecule has 5 heteroatoms. The number of hydrogen-bond acceptors (Lipinski definition) is 4. The monoisotopic (exact) mass is 164 g/mol. The highest BCUT2D eigenvalue weighted by atomic mass is 32.2. The summed E-state index contributed by atoms with van der Waals surface area (Å²) in [4.78, 5) is 0. The molecule has 0 atom stereocenters. The van der Waals surface area contributed by atoms with E-state index in [9.17, 15) is 8.42 Å². The van der Waals surface area contributed by atoms with Crippen molar-refractivity contribution >= 4 is 9.84 Å². The topological polar surface area (TPSA) is 58.2 Å². The van der Waals surface area contributed by atoms with Crippen LogP contribution in [0.3, 0.4) is 0 Å². The Labute approximate surface area is 60.9 Å². The van der Waals surface area contributed by atoms with Crippen LogP contribution in [-0.2, 0) is 9.84 Å². The highest BCUT2D eigenvalue weighted by Gasteiger charge is 2.29. The molecule has 0 radical (unpaired) electrons. The van der Waals surface area contributed by atoms with E-state index >= 15 is 0 Å². The molecule has 0 aromatic rings. The van der Waals surface area contributed by atoms with Gasteiger partial charge in [-0.3, -0.25) is 5.43 Å². The zero-order valence-corrected chi connectivity index (χ0v) is 6.96. The Morgan fingerprint density at radius 3 is 2.30 bits per heavy atom. The van der Waals surface area contributed by atoms with Crippen LogP contribution >= 0.6 is 0 Å². The first-order valence-corrected chi connectivity index (χ1v) is 4.94. The molecule has 1 aliphatic heterocycles. The van der Waals surface area contributed by atoms with Gasteiger partial charge >= 0.3 is 0 Å². The fraction of sp³-hybridized carbons (Fsp3) is 1.00. The molecule has 0 unspecified atom stereocenters. The van der Waals surface area contributed by atoms with Crippen LogP contribution in [0.5, 0.6) is 0 Å². The summed E-state index contributed by atoms with van der Waals surface area (Å²) in [7, 11) is -2.86. The summed E-state index contributed by atoms with van der Waals surface area (Å²) >= 11 is 0. The van der Waals surface area contributed by atoms with Crippen LogP contribution in [0.15, 0.2) is 0 Å². The van der Waals surface area contributed by atoms with Gasteiger partial charge in [-0.05, 0) is 13.8 Å². The number of sulfone groups is 1. The maximum atomic E-state index is 11.0. The van der Waals surface area contributed by atoms with E-state index in [2.05, 4.69) is 10.9 Å². The Morgan fingerprint density at radius 1 is 1.40 bits per heavy atom. The Morgan fingerprint density at radius 2 is 2.00 bits per heavy atom. The van der Waals surface area contributed by atoms with E-state index in [0.717, 1.165) is 0 Å². The Hall–Kier alpha value is -0.130. The molecule has 0 aromatic carbocycles. The van der Waals surface area contributed by atoms with Crippen LogP contribution in [0.25, 0.3) is 0 Å². The van der Waals surface area contributed by atoms with Crippen molar-refractivity contribution < 1.29 is 8.42 Å². The lowest BCUT2D eigenvalue weighted by molar-refractivity contribution is 0.354. The molecule has 60 valence electrons. The van der Waals surface area contributed by atoms with Gasteiger partial charge in [0.2, 0.25) is 0 Å². The highest BCUT2D eigenvalue weighted by Crippen LogP contribution is 2.08. The molecule has 1 heterocycles. The number of rotatable bonds is 0. The molecular weight excluding hydrogens is 152 g/mol. The van der Waals surface area contributed by atoms with Gasteiger partial charge in [-0.15, -0.1) is 0 Å². The molecule has 1 rings (SSSR count). The minimum Gasteiger partial charge on any atom is -0.250 e. The lowest BCUT2D eigenvalue weighted by Crippen LogP contribution is -2.59. The standard InChI is InChI=1S/C5H12N2O2S/c1-5(2)3-10(8,9)4-6-7-5/h6-7H,3-4H2,1-2H3. The smallest absolute Gasteiger partial charge is 0.166 e. The van der Waals surface area contributed by atoms with Gasteiger partial charge in [-0.25, -0.2) is 13.8 Å². The minimum absolute atomic E-state index is 0.0381. The third-order valence-corrected chi connectivity index (χ3v) is 3.05. The van der Waals surface area contributed by atoms with Crippen molar-refractivity contribution in [3.8, 4) is 0 Å². The maximum Gasteiger partial charge on any atom is 0.166 e. The molecule has 0 bridgehead atoms. The molecule has 0 amide bonds. The second kappa shape index (κ2) is 2.18. The second-order valence-electron chi connectivity index (χ2n) is 3.22. The van der Waals surface area contributed by atoms with Gasteiger partial charge in [-0.1, -0.05) is 0 Å².